The van der Waals surface area contributed by atoms with Crippen LogP contribution < -0.4 is 0 Å². The topological polar surface area (TPSA) is 28.7 Å². The van der Waals surface area contributed by atoms with Crippen LogP contribution in [0.3, 0.4) is 0 Å². The Hall–Kier alpha value is -1.31. The number of aromatic nitrogens is 2. The predicted octanol–water partition coefficient (Wildman–Crippen LogP) is 4.25. The van der Waals surface area contributed by atoms with Gasteiger partial charge >= 0.3 is 0 Å². The Morgan fingerprint density at radius 1 is 1.18 bits per heavy atom. The first-order valence-corrected chi connectivity index (χ1v) is 6.81. The van der Waals surface area contributed by atoms with Crippen LogP contribution in [0, 0.1) is 5.92 Å². The number of hydrogen-bond donors (Lipinski definition) is 1. The van der Waals surface area contributed by atoms with Crippen molar-refractivity contribution in [3.63, 3.8) is 0 Å². The van der Waals surface area contributed by atoms with Gasteiger partial charge in [0.2, 0.25) is 0 Å². The summed E-state index contributed by atoms with van der Waals surface area (Å²) in [6.45, 7) is 2.31. The number of imidazole rings is 1. The number of H-pyrrole nitrogens is 1. The van der Waals surface area contributed by atoms with Gasteiger partial charge in [-0.1, -0.05) is 25.5 Å². The average molecular weight is 228 g/mol. The summed E-state index contributed by atoms with van der Waals surface area (Å²) in [5, 5.41) is 0. The van der Waals surface area contributed by atoms with Crippen molar-refractivity contribution in [1.29, 1.82) is 0 Å². The predicted molar refractivity (Wildman–Crippen MR) is 71.1 cm³/mol. The molecule has 0 radical (unpaired) electrons. The number of aromatic amines is 1. The Balaban J connectivity index is 1.80. The van der Waals surface area contributed by atoms with E-state index in [1.165, 1.54) is 43.4 Å². The van der Waals surface area contributed by atoms with Crippen LogP contribution in [-0.2, 0) is 0 Å². The Labute approximate surface area is 102 Å². The minimum Gasteiger partial charge on any atom is -0.342 e. The van der Waals surface area contributed by atoms with Gasteiger partial charge in [-0.2, -0.15) is 0 Å². The van der Waals surface area contributed by atoms with Gasteiger partial charge in [-0.25, -0.2) is 4.98 Å². The zero-order valence-electron chi connectivity index (χ0n) is 10.4. The van der Waals surface area contributed by atoms with E-state index in [4.69, 9.17) is 4.98 Å². The van der Waals surface area contributed by atoms with E-state index in [9.17, 15) is 0 Å². The van der Waals surface area contributed by atoms with Crippen molar-refractivity contribution < 1.29 is 0 Å². The molecule has 1 fully saturated rings. The fraction of sp³-hybridized carbons (Fsp3) is 0.533. The summed E-state index contributed by atoms with van der Waals surface area (Å²) in [5.74, 6) is 2.82. The molecule has 0 unspecified atom stereocenters. The number of nitrogens with one attached hydrogen (secondary N) is 1. The molecule has 0 atom stereocenters. The molecule has 2 aromatic rings. The highest BCUT2D eigenvalue weighted by molar-refractivity contribution is 5.74. The van der Waals surface area contributed by atoms with Gasteiger partial charge in [0, 0.05) is 5.92 Å². The minimum absolute atomic E-state index is 0.658. The monoisotopic (exact) mass is 228 g/mol. The molecule has 0 saturated heterocycles. The number of hydrogen-bond acceptors (Lipinski definition) is 1. The zero-order valence-corrected chi connectivity index (χ0v) is 10.4. The molecule has 2 nitrogen and oxygen atoms in total. The summed E-state index contributed by atoms with van der Waals surface area (Å²) in [7, 11) is 0. The summed E-state index contributed by atoms with van der Waals surface area (Å²) in [6.07, 6.45) is 6.69. The molecule has 17 heavy (non-hydrogen) atoms. The van der Waals surface area contributed by atoms with Gasteiger partial charge in [-0.15, -0.1) is 0 Å². The fourth-order valence-electron chi connectivity index (χ4n) is 3.01. The van der Waals surface area contributed by atoms with E-state index >= 15 is 0 Å². The van der Waals surface area contributed by atoms with Gasteiger partial charge in [0.25, 0.3) is 0 Å². The lowest BCUT2D eigenvalue weighted by Gasteiger charge is -2.26. The largest absolute Gasteiger partial charge is 0.342 e. The Morgan fingerprint density at radius 2 is 1.94 bits per heavy atom. The lowest BCUT2D eigenvalue weighted by atomic mass is 9.80. The molecule has 1 saturated carbocycles. The van der Waals surface area contributed by atoms with Crippen LogP contribution in [0.25, 0.3) is 11.0 Å². The maximum absolute atomic E-state index is 4.73. The van der Waals surface area contributed by atoms with Gasteiger partial charge in [-0.05, 0) is 43.7 Å². The SMILES string of the molecule is CCC1CCC(c2nc3ccccc3[nH]2)CC1. The van der Waals surface area contributed by atoms with Crippen molar-refractivity contribution in [3.05, 3.63) is 30.1 Å². The highest BCUT2D eigenvalue weighted by atomic mass is 14.9. The first-order valence-electron chi connectivity index (χ1n) is 6.81. The quantitative estimate of drug-likeness (QED) is 0.818. The van der Waals surface area contributed by atoms with E-state index in [0.29, 0.717) is 5.92 Å². The molecule has 90 valence electrons. The molecule has 0 bridgehead atoms. The van der Waals surface area contributed by atoms with Crippen LogP contribution in [0.15, 0.2) is 24.3 Å². The maximum Gasteiger partial charge on any atom is 0.110 e. The molecule has 1 N–H and O–H groups in total. The van der Waals surface area contributed by atoms with Gasteiger partial charge in [0.05, 0.1) is 11.0 Å². The highest BCUT2D eigenvalue weighted by Crippen LogP contribution is 2.36. The maximum atomic E-state index is 4.73. The molecule has 1 aromatic carbocycles. The summed E-state index contributed by atoms with van der Waals surface area (Å²) >= 11 is 0. The molecule has 3 rings (SSSR count). The third-order valence-corrected chi connectivity index (χ3v) is 4.22. The van der Waals surface area contributed by atoms with Gasteiger partial charge in [0.15, 0.2) is 0 Å². The van der Waals surface area contributed by atoms with Crippen LogP contribution in [0.4, 0.5) is 0 Å². The first-order chi connectivity index (χ1) is 8.36. The fourth-order valence-corrected chi connectivity index (χ4v) is 3.01. The molecule has 0 spiro atoms. The second-order valence-electron chi connectivity index (χ2n) is 5.27. The Morgan fingerprint density at radius 3 is 2.65 bits per heavy atom. The Bertz CT molecular complexity index is 459. The van der Waals surface area contributed by atoms with Gasteiger partial charge < -0.3 is 4.98 Å². The smallest absolute Gasteiger partial charge is 0.110 e. The summed E-state index contributed by atoms with van der Waals surface area (Å²) in [6, 6.07) is 8.33. The van der Waals surface area contributed by atoms with E-state index in [2.05, 4.69) is 36.2 Å². The van der Waals surface area contributed by atoms with E-state index < -0.39 is 0 Å². The van der Waals surface area contributed by atoms with E-state index in [-0.39, 0.29) is 0 Å². The minimum atomic E-state index is 0.658. The third kappa shape index (κ3) is 2.08. The molecule has 1 aromatic heterocycles. The molecular weight excluding hydrogens is 208 g/mol. The van der Waals surface area contributed by atoms with Crippen molar-refractivity contribution in [2.45, 2.75) is 44.9 Å². The van der Waals surface area contributed by atoms with Crippen LogP contribution >= 0.6 is 0 Å². The zero-order chi connectivity index (χ0) is 11.7. The molecule has 0 aliphatic heterocycles. The molecule has 1 heterocycles. The van der Waals surface area contributed by atoms with Crippen molar-refractivity contribution in [2.24, 2.45) is 5.92 Å². The van der Waals surface area contributed by atoms with Crippen LogP contribution in [0.1, 0.15) is 50.8 Å². The number of rotatable bonds is 2. The van der Waals surface area contributed by atoms with Crippen molar-refractivity contribution in [2.75, 3.05) is 0 Å². The van der Waals surface area contributed by atoms with E-state index in [1.54, 1.807) is 0 Å². The molecule has 2 heteroatoms. The Kier molecular flexibility index (Phi) is 2.87. The number of fused-ring (bicyclic) bond motifs is 1. The van der Waals surface area contributed by atoms with Crippen molar-refractivity contribution in [1.82, 2.24) is 9.97 Å². The number of nitrogens with zero attached hydrogens (tertiary/aromatic N) is 1. The van der Waals surface area contributed by atoms with Gasteiger partial charge in [0.1, 0.15) is 5.82 Å². The summed E-state index contributed by atoms with van der Waals surface area (Å²) < 4.78 is 0. The molecule has 1 aliphatic carbocycles. The van der Waals surface area contributed by atoms with E-state index in [1.807, 2.05) is 0 Å². The summed E-state index contributed by atoms with van der Waals surface area (Å²) in [4.78, 5) is 8.22. The molecule has 0 amide bonds. The second kappa shape index (κ2) is 4.52. The molecular formula is C15H20N2. The van der Waals surface area contributed by atoms with Crippen LogP contribution in [0.2, 0.25) is 0 Å². The van der Waals surface area contributed by atoms with Crippen molar-refractivity contribution in [3.8, 4) is 0 Å². The number of benzene rings is 1. The normalized spacial score (nSPS) is 25.2. The molecule has 1 aliphatic rings. The lowest BCUT2D eigenvalue weighted by molar-refractivity contribution is 0.313. The van der Waals surface area contributed by atoms with Crippen LogP contribution in [0.5, 0.6) is 0 Å². The standard InChI is InChI=1S/C15H20N2/c1-2-11-7-9-12(10-8-11)15-16-13-5-3-4-6-14(13)17-15/h3-6,11-12H,2,7-10H2,1H3,(H,16,17). The lowest BCUT2D eigenvalue weighted by Crippen LogP contribution is -2.13. The average Bonchev–Trinajstić information content (AvgIpc) is 2.82. The number of para-hydroxylation sites is 2. The van der Waals surface area contributed by atoms with Crippen molar-refractivity contribution >= 4 is 11.0 Å². The highest BCUT2D eigenvalue weighted by Gasteiger charge is 2.23. The van der Waals surface area contributed by atoms with Gasteiger partial charge in [-0.3, -0.25) is 0 Å². The second-order valence-corrected chi connectivity index (χ2v) is 5.27. The third-order valence-electron chi connectivity index (χ3n) is 4.22. The van der Waals surface area contributed by atoms with E-state index in [0.717, 1.165) is 11.4 Å². The summed E-state index contributed by atoms with van der Waals surface area (Å²) in [5.41, 5.74) is 2.29. The first kappa shape index (κ1) is 10.8. The van der Waals surface area contributed by atoms with Crippen LogP contribution in [-0.4, -0.2) is 9.97 Å².